The van der Waals surface area contributed by atoms with E-state index in [2.05, 4.69) is 10.3 Å². The molecule has 5 nitrogen and oxygen atoms in total. The molecule has 5 heteroatoms. The number of amides is 1. The third kappa shape index (κ3) is 1.56. The molecule has 1 aromatic carbocycles. The van der Waals surface area contributed by atoms with E-state index in [1.54, 1.807) is 4.68 Å². The standard InChI is InChI=1S/C10H12N4O/c1-2-8(10(11)15)14-9-6-4-3-5-7(9)12-13-14/h3-6,8H,2H2,1H3,(H2,11,15)/t8-/m1/s1. The maximum atomic E-state index is 11.2. The molecule has 1 heterocycles. The van der Waals surface area contributed by atoms with E-state index >= 15 is 0 Å². The molecule has 15 heavy (non-hydrogen) atoms. The molecule has 78 valence electrons. The number of para-hydroxylation sites is 1. The van der Waals surface area contributed by atoms with E-state index in [9.17, 15) is 4.79 Å². The van der Waals surface area contributed by atoms with Gasteiger partial charge in [0.15, 0.2) is 0 Å². The quantitative estimate of drug-likeness (QED) is 0.806. The van der Waals surface area contributed by atoms with Crippen molar-refractivity contribution < 1.29 is 4.79 Å². The van der Waals surface area contributed by atoms with Crippen molar-refractivity contribution in [3.63, 3.8) is 0 Å². The lowest BCUT2D eigenvalue weighted by Crippen LogP contribution is -2.26. The van der Waals surface area contributed by atoms with Crippen LogP contribution in [0.1, 0.15) is 19.4 Å². The second kappa shape index (κ2) is 3.68. The summed E-state index contributed by atoms with van der Waals surface area (Å²) in [5.41, 5.74) is 6.91. The van der Waals surface area contributed by atoms with Crippen LogP contribution in [0, 0.1) is 0 Å². The van der Waals surface area contributed by atoms with Crippen LogP contribution in [0.3, 0.4) is 0 Å². The Hall–Kier alpha value is -1.91. The second-order valence-corrected chi connectivity index (χ2v) is 3.35. The average Bonchev–Trinajstić information content (AvgIpc) is 2.63. The molecule has 1 aromatic heterocycles. The monoisotopic (exact) mass is 204 g/mol. The minimum absolute atomic E-state index is 0.381. The Morgan fingerprint density at radius 3 is 2.93 bits per heavy atom. The molecule has 0 spiro atoms. The van der Waals surface area contributed by atoms with Crippen LogP contribution in [0.2, 0.25) is 0 Å². The number of nitrogens with two attached hydrogens (primary N) is 1. The number of hydrogen-bond donors (Lipinski definition) is 1. The minimum atomic E-state index is -0.419. The molecule has 0 aliphatic heterocycles. The van der Waals surface area contributed by atoms with E-state index in [4.69, 9.17) is 5.73 Å². The lowest BCUT2D eigenvalue weighted by molar-refractivity contribution is -0.121. The van der Waals surface area contributed by atoms with E-state index in [0.717, 1.165) is 11.0 Å². The highest BCUT2D eigenvalue weighted by Gasteiger charge is 2.18. The average molecular weight is 204 g/mol. The van der Waals surface area contributed by atoms with Crippen LogP contribution in [0.15, 0.2) is 24.3 Å². The van der Waals surface area contributed by atoms with Crippen LogP contribution in [-0.4, -0.2) is 20.9 Å². The highest BCUT2D eigenvalue weighted by atomic mass is 16.1. The number of carbonyl (C=O) groups excluding carboxylic acids is 1. The number of nitrogens with zero attached hydrogens (tertiary/aromatic N) is 3. The molecule has 2 aromatic rings. The molecular weight excluding hydrogens is 192 g/mol. The van der Waals surface area contributed by atoms with Crippen LogP contribution in [0.4, 0.5) is 0 Å². The fraction of sp³-hybridized carbons (Fsp3) is 0.300. The molecular formula is C10H12N4O. The molecule has 0 fully saturated rings. The van der Waals surface area contributed by atoms with Gasteiger partial charge in [-0.15, -0.1) is 5.10 Å². The van der Waals surface area contributed by atoms with Crippen LogP contribution in [0.5, 0.6) is 0 Å². The van der Waals surface area contributed by atoms with Gasteiger partial charge >= 0.3 is 0 Å². The SMILES string of the molecule is CC[C@H](C(N)=O)n1nnc2ccccc21. The maximum absolute atomic E-state index is 11.2. The zero-order valence-electron chi connectivity index (χ0n) is 8.42. The number of aromatic nitrogens is 3. The molecule has 2 N–H and O–H groups in total. The third-order valence-electron chi connectivity index (χ3n) is 2.39. The molecule has 0 unspecified atom stereocenters. The topological polar surface area (TPSA) is 73.8 Å². The fourth-order valence-corrected chi connectivity index (χ4v) is 1.61. The first-order valence-electron chi connectivity index (χ1n) is 4.83. The molecule has 1 amide bonds. The van der Waals surface area contributed by atoms with E-state index < -0.39 is 6.04 Å². The number of rotatable bonds is 3. The lowest BCUT2D eigenvalue weighted by Gasteiger charge is -2.10. The van der Waals surface area contributed by atoms with Gasteiger partial charge in [-0.1, -0.05) is 24.3 Å². The maximum Gasteiger partial charge on any atom is 0.242 e. The van der Waals surface area contributed by atoms with E-state index in [1.165, 1.54) is 0 Å². The Labute approximate surface area is 86.9 Å². The van der Waals surface area contributed by atoms with Gasteiger partial charge in [0, 0.05) is 0 Å². The number of hydrogen-bond acceptors (Lipinski definition) is 3. The van der Waals surface area contributed by atoms with E-state index in [1.807, 2.05) is 31.2 Å². The first-order chi connectivity index (χ1) is 7.24. The van der Waals surface area contributed by atoms with Gasteiger partial charge in [0.05, 0.1) is 5.52 Å². The molecule has 0 aliphatic carbocycles. The highest BCUT2D eigenvalue weighted by Crippen LogP contribution is 2.17. The summed E-state index contributed by atoms with van der Waals surface area (Å²) in [5.74, 6) is -0.381. The number of carbonyl (C=O) groups is 1. The van der Waals surface area contributed by atoms with Gasteiger partial charge in [-0.25, -0.2) is 4.68 Å². The van der Waals surface area contributed by atoms with Crippen molar-refractivity contribution in [2.75, 3.05) is 0 Å². The van der Waals surface area contributed by atoms with Crippen molar-refractivity contribution in [2.45, 2.75) is 19.4 Å². The van der Waals surface area contributed by atoms with Gasteiger partial charge in [-0.3, -0.25) is 4.79 Å². The van der Waals surface area contributed by atoms with Gasteiger partial charge in [0.2, 0.25) is 5.91 Å². The molecule has 0 saturated carbocycles. The zero-order chi connectivity index (χ0) is 10.8. The second-order valence-electron chi connectivity index (χ2n) is 3.35. The molecule has 0 aliphatic rings. The Kier molecular flexibility index (Phi) is 2.37. The first-order valence-corrected chi connectivity index (χ1v) is 4.83. The van der Waals surface area contributed by atoms with Gasteiger partial charge in [-0.2, -0.15) is 0 Å². The molecule has 0 radical (unpaired) electrons. The van der Waals surface area contributed by atoms with Gasteiger partial charge in [0.25, 0.3) is 0 Å². The first kappa shape index (κ1) is 9.64. The van der Waals surface area contributed by atoms with Crippen molar-refractivity contribution in [3.8, 4) is 0 Å². The highest BCUT2D eigenvalue weighted by molar-refractivity contribution is 5.81. The summed E-state index contributed by atoms with van der Waals surface area (Å²) in [7, 11) is 0. The predicted octanol–water partition coefficient (Wildman–Crippen LogP) is 0.868. The predicted molar refractivity (Wildman–Crippen MR) is 56.1 cm³/mol. The Morgan fingerprint density at radius 1 is 1.53 bits per heavy atom. The van der Waals surface area contributed by atoms with Crippen LogP contribution in [-0.2, 0) is 4.79 Å². The molecule has 0 saturated heterocycles. The summed E-state index contributed by atoms with van der Waals surface area (Å²) >= 11 is 0. The normalized spacial score (nSPS) is 12.9. The Morgan fingerprint density at radius 2 is 2.27 bits per heavy atom. The van der Waals surface area contributed by atoms with Gasteiger partial charge < -0.3 is 5.73 Å². The van der Waals surface area contributed by atoms with E-state index in [0.29, 0.717) is 6.42 Å². The number of benzene rings is 1. The fourth-order valence-electron chi connectivity index (χ4n) is 1.61. The summed E-state index contributed by atoms with van der Waals surface area (Å²) in [5, 5.41) is 7.93. The molecule has 1 atom stereocenters. The molecule has 2 rings (SSSR count). The van der Waals surface area contributed by atoms with Crippen LogP contribution < -0.4 is 5.73 Å². The summed E-state index contributed by atoms with van der Waals surface area (Å²) < 4.78 is 1.58. The number of fused-ring (bicyclic) bond motifs is 1. The smallest absolute Gasteiger partial charge is 0.242 e. The van der Waals surface area contributed by atoms with Gasteiger partial charge in [0.1, 0.15) is 11.6 Å². The molecule has 0 bridgehead atoms. The van der Waals surface area contributed by atoms with Crippen LogP contribution in [0.25, 0.3) is 11.0 Å². The van der Waals surface area contributed by atoms with Crippen molar-refractivity contribution in [3.05, 3.63) is 24.3 Å². The zero-order valence-corrected chi connectivity index (χ0v) is 8.42. The summed E-state index contributed by atoms with van der Waals surface area (Å²) in [6.07, 6.45) is 0.614. The lowest BCUT2D eigenvalue weighted by atomic mass is 10.2. The third-order valence-corrected chi connectivity index (χ3v) is 2.39. The largest absolute Gasteiger partial charge is 0.368 e. The summed E-state index contributed by atoms with van der Waals surface area (Å²) in [6, 6.07) is 7.08. The van der Waals surface area contributed by atoms with E-state index in [-0.39, 0.29) is 5.91 Å². The van der Waals surface area contributed by atoms with Crippen LogP contribution >= 0.6 is 0 Å². The van der Waals surface area contributed by atoms with Crippen molar-refractivity contribution >= 4 is 16.9 Å². The van der Waals surface area contributed by atoms with Crippen molar-refractivity contribution in [1.29, 1.82) is 0 Å². The Balaban J connectivity index is 2.55. The van der Waals surface area contributed by atoms with Gasteiger partial charge in [-0.05, 0) is 18.6 Å². The summed E-state index contributed by atoms with van der Waals surface area (Å²) in [6.45, 7) is 1.89. The Bertz CT molecular complexity index is 491. The minimum Gasteiger partial charge on any atom is -0.368 e. The van der Waals surface area contributed by atoms with Crippen molar-refractivity contribution in [2.24, 2.45) is 5.73 Å². The van der Waals surface area contributed by atoms with Crippen molar-refractivity contribution in [1.82, 2.24) is 15.0 Å². The summed E-state index contributed by atoms with van der Waals surface area (Å²) in [4.78, 5) is 11.2. The number of primary amides is 1.